The highest BCUT2D eigenvalue weighted by Crippen LogP contribution is 2.11. The average molecular weight is 224 g/mol. The highest BCUT2D eigenvalue weighted by atomic mass is 15.3. The molecule has 0 bridgehead atoms. The van der Waals surface area contributed by atoms with E-state index in [2.05, 4.69) is 34.1 Å². The number of hydrogen-bond acceptors (Lipinski definition) is 6. The Labute approximate surface area is 96.3 Å². The maximum atomic E-state index is 5.62. The lowest BCUT2D eigenvalue weighted by atomic mass is 10.2. The number of nitrogen functional groups attached to an aromatic ring is 1. The van der Waals surface area contributed by atoms with E-state index in [9.17, 15) is 0 Å². The van der Waals surface area contributed by atoms with Crippen LogP contribution in [-0.4, -0.2) is 35.1 Å². The summed E-state index contributed by atoms with van der Waals surface area (Å²) in [6.45, 7) is 4.24. The summed E-state index contributed by atoms with van der Waals surface area (Å²) in [4.78, 5) is 14.2. The zero-order valence-corrected chi connectivity index (χ0v) is 10.4. The maximum absolute atomic E-state index is 5.62. The fourth-order valence-electron chi connectivity index (χ4n) is 1.37. The SMILES string of the molecule is CCCC(C)Nc1nc(N)nc(N(C)C)n1. The van der Waals surface area contributed by atoms with Crippen molar-refractivity contribution in [3.8, 4) is 0 Å². The van der Waals surface area contributed by atoms with Crippen LogP contribution in [0.25, 0.3) is 0 Å². The van der Waals surface area contributed by atoms with Gasteiger partial charge in [0.15, 0.2) is 0 Å². The fraction of sp³-hybridized carbons (Fsp3) is 0.700. The Balaban J connectivity index is 2.80. The predicted octanol–water partition coefficient (Wildman–Crippen LogP) is 1.12. The van der Waals surface area contributed by atoms with Gasteiger partial charge >= 0.3 is 0 Å². The van der Waals surface area contributed by atoms with Crippen molar-refractivity contribution in [1.82, 2.24) is 15.0 Å². The molecule has 0 aliphatic carbocycles. The van der Waals surface area contributed by atoms with E-state index in [-0.39, 0.29) is 5.95 Å². The number of hydrogen-bond donors (Lipinski definition) is 2. The number of nitrogens with two attached hydrogens (primary N) is 1. The lowest BCUT2D eigenvalue weighted by Gasteiger charge is -2.15. The minimum Gasteiger partial charge on any atom is -0.368 e. The first-order chi connectivity index (χ1) is 7.52. The molecule has 0 saturated heterocycles. The molecule has 6 heteroatoms. The van der Waals surface area contributed by atoms with E-state index in [1.165, 1.54) is 0 Å². The maximum Gasteiger partial charge on any atom is 0.231 e. The van der Waals surface area contributed by atoms with Crippen LogP contribution in [0, 0.1) is 0 Å². The molecule has 1 aromatic heterocycles. The van der Waals surface area contributed by atoms with Crippen molar-refractivity contribution in [2.24, 2.45) is 0 Å². The Morgan fingerprint density at radius 1 is 1.31 bits per heavy atom. The predicted molar refractivity (Wildman–Crippen MR) is 66.6 cm³/mol. The van der Waals surface area contributed by atoms with Gasteiger partial charge in [0.2, 0.25) is 17.8 Å². The van der Waals surface area contributed by atoms with Crippen LogP contribution in [0.5, 0.6) is 0 Å². The normalized spacial score (nSPS) is 12.2. The van der Waals surface area contributed by atoms with E-state index in [4.69, 9.17) is 5.73 Å². The average Bonchev–Trinajstić information content (AvgIpc) is 2.16. The molecule has 0 spiro atoms. The van der Waals surface area contributed by atoms with E-state index < -0.39 is 0 Å². The van der Waals surface area contributed by atoms with Gasteiger partial charge in [-0.2, -0.15) is 15.0 Å². The van der Waals surface area contributed by atoms with Gasteiger partial charge in [-0.3, -0.25) is 0 Å². The first kappa shape index (κ1) is 12.5. The van der Waals surface area contributed by atoms with Crippen LogP contribution in [0.3, 0.4) is 0 Å². The Hall–Kier alpha value is -1.59. The molecule has 1 atom stereocenters. The molecule has 1 aromatic rings. The highest BCUT2D eigenvalue weighted by Gasteiger charge is 2.08. The zero-order chi connectivity index (χ0) is 12.1. The molecule has 1 rings (SSSR count). The summed E-state index contributed by atoms with van der Waals surface area (Å²) < 4.78 is 0. The molecule has 6 nitrogen and oxygen atoms in total. The van der Waals surface area contributed by atoms with Gasteiger partial charge in [-0.1, -0.05) is 13.3 Å². The summed E-state index contributed by atoms with van der Waals surface area (Å²) in [5, 5.41) is 3.21. The Kier molecular flexibility index (Phi) is 4.28. The molecular weight excluding hydrogens is 204 g/mol. The van der Waals surface area contributed by atoms with Crippen LogP contribution in [0.2, 0.25) is 0 Å². The summed E-state index contributed by atoms with van der Waals surface area (Å²) in [5.74, 6) is 1.35. The van der Waals surface area contributed by atoms with Gasteiger partial charge < -0.3 is 16.0 Å². The van der Waals surface area contributed by atoms with Crippen molar-refractivity contribution < 1.29 is 0 Å². The monoisotopic (exact) mass is 224 g/mol. The van der Waals surface area contributed by atoms with Crippen molar-refractivity contribution in [3.05, 3.63) is 0 Å². The second-order valence-corrected chi connectivity index (χ2v) is 4.05. The van der Waals surface area contributed by atoms with E-state index in [1.807, 2.05) is 14.1 Å². The molecule has 0 aliphatic heterocycles. The van der Waals surface area contributed by atoms with Gasteiger partial charge in [-0.15, -0.1) is 0 Å². The highest BCUT2D eigenvalue weighted by molar-refractivity contribution is 5.41. The molecule has 90 valence electrons. The smallest absolute Gasteiger partial charge is 0.231 e. The molecule has 0 saturated carbocycles. The molecule has 0 aromatic carbocycles. The Bertz CT molecular complexity index is 338. The molecule has 16 heavy (non-hydrogen) atoms. The van der Waals surface area contributed by atoms with E-state index in [0.717, 1.165) is 12.8 Å². The van der Waals surface area contributed by atoms with Crippen molar-refractivity contribution in [2.45, 2.75) is 32.7 Å². The lowest BCUT2D eigenvalue weighted by molar-refractivity contribution is 0.683. The third-order valence-electron chi connectivity index (χ3n) is 2.14. The minimum atomic E-state index is 0.241. The molecule has 1 heterocycles. The molecule has 0 aliphatic rings. The van der Waals surface area contributed by atoms with E-state index in [0.29, 0.717) is 17.9 Å². The molecule has 1 unspecified atom stereocenters. The summed E-state index contributed by atoms with van der Waals surface area (Å²) in [6, 6.07) is 0.335. The number of anilines is 3. The summed E-state index contributed by atoms with van der Waals surface area (Å²) >= 11 is 0. The Morgan fingerprint density at radius 2 is 2.00 bits per heavy atom. The van der Waals surface area contributed by atoms with E-state index >= 15 is 0 Å². The quantitative estimate of drug-likeness (QED) is 0.780. The summed E-state index contributed by atoms with van der Waals surface area (Å²) in [7, 11) is 3.74. The summed E-state index contributed by atoms with van der Waals surface area (Å²) in [6.07, 6.45) is 2.19. The molecule has 0 fully saturated rings. The summed E-state index contributed by atoms with van der Waals surface area (Å²) in [5.41, 5.74) is 5.62. The van der Waals surface area contributed by atoms with Gasteiger partial charge in [-0.25, -0.2) is 0 Å². The largest absolute Gasteiger partial charge is 0.368 e. The fourth-order valence-corrected chi connectivity index (χ4v) is 1.37. The second-order valence-electron chi connectivity index (χ2n) is 4.05. The lowest BCUT2D eigenvalue weighted by Crippen LogP contribution is -2.20. The number of aromatic nitrogens is 3. The molecule has 0 radical (unpaired) electrons. The topological polar surface area (TPSA) is 80.0 Å². The van der Waals surface area contributed by atoms with Crippen LogP contribution >= 0.6 is 0 Å². The molecular formula is C10H20N6. The third-order valence-corrected chi connectivity index (χ3v) is 2.14. The van der Waals surface area contributed by atoms with Crippen LogP contribution in [-0.2, 0) is 0 Å². The number of nitrogens with zero attached hydrogens (tertiary/aromatic N) is 4. The van der Waals surface area contributed by atoms with Crippen molar-refractivity contribution in [3.63, 3.8) is 0 Å². The molecule has 3 N–H and O–H groups in total. The van der Waals surface area contributed by atoms with Gasteiger partial charge in [0.05, 0.1) is 0 Å². The first-order valence-corrected chi connectivity index (χ1v) is 5.48. The molecule has 0 amide bonds. The van der Waals surface area contributed by atoms with Crippen molar-refractivity contribution >= 4 is 17.8 Å². The van der Waals surface area contributed by atoms with Crippen molar-refractivity contribution in [2.75, 3.05) is 30.0 Å². The number of rotatable bonds is 5. The van der Waals surface area contributed by atoms with Crippen LogP contribution in [0.1, 0.15) is 26.7 Å². The minimum absolute atomic E-state index is 0.241. The van der Waals surface area contributed by atoms with Gasteiger partial charge in [0, 0.05) is 20.1 Å². The number of nitrogens with one attached hydrogen (secondary N) is 1. The van der Waals surface area contributed by atoms with Crippen LogP contribution < -0.4 is 16.0 Å². The van der Waals surface area contributed by atoms with Gasteiger partial charge in [-0.05, 0) is 13.3 Å². The third kappa shape index (κ3) is 3.52. The first-order valence-electron chi connectivity index (χ1n) is 5.48. The van der Waals surface area contributed by atoms with Crippen LogP contribution in [0.4, 0.5) is 17.8 Å². The standard InChI is InChI=1S/C10H20N6/c1-5-6-7(2)12-9-13-8(11)14-10(15-9)16(3)4/h7H,5-6H2,1-4H3,(H3,11,12,13,14,15). The van der Waals surface area contributed by atoms with Gasteiger partial charge in [0.1, 0.15) is 0 Å². The Morgan fingerprint density at radius 3 is 2.56 bits per heavy atom. The van der Waals surface area contributed by atoms with Crippen LogP contribution in [0.15, 0.2) is 0 Å². The zero-order valence-electron chi connectivity index (χ0n) is 10.4. The van der Waals surface area contributed by atoms with Crippen molar-refractivity contribution in [1.29, 1.82) is 0 Å². The van der Waals surface area contributed by atoms with Gasteiger partial charge in [0.25, 0.3) is 0 Å². The van der Waals surface area contributed by atoms with E-state index in [1.54, 1.807) is 4.90 Å². The second kappa shape index (κ2) is 5.48.